The van der Waals surface area contributed by atoms with Gasteiger partial charge in [0.05, 0.1) is 10.8 Å². The Morgan fingerprint density at radius 2 is 2.16 bits per heavy atom. The van der Waals surface area contributed by atoms with Crippen molar-refractivity contribution in [2.45, 2.75) is 6.92 Å². The van der Waals surface area contributed by atoms with Crippen molar-refractivity contribution >= 4 is 43.9 Å². The number of carboxylic acid groups (broad SMARTS) is 1. The first kappa shape index (κ1) is 12.6. The van der Waals surface area contributed by atoms with E-state index < -0.39 is 5.97 Å². The number of amides is 1. The zero-order valence-electron chi connectivity index (χ0n) is 10.3. The molecule has 1 unspecified atom stereocenters. The summed E-state index contributed by atoms with van der Waals surface area (Å²) >= 11 is 3.14. The van der Waals surface area contributed by atoms with E-state index in [1.54, 1.807) is 23.2 Å². The van der Waals surface area contributed by atoms with Crippen LogP contribution in [0.1, 0.15) is 16.6 Å². The Morgan fingerprint density at radius 1 is 1.42 bits per heavy atom. The smallest absolute Gasteiger partial charge is 0.306 e. The molecule has 3 heterocycles. The topological polar surface area (TPSA) is 57.6 Å². The number of likely N-dealkylation sites (tertiary alicyclic amines) is 1. The van der Waals surface area contributed by atoms with Gasteiger partial charge in [-0.2, -0.15) is 0 Å². The molecule has 0 saturated carbocycles. The Bertz CT molecular complexity index is 611. The maximum absolute atomic E-state index is 12.2. The lowest BCUT2D eigenvalue weighted by Crippen LogP contribution is -2.53. The molecule has 0 spiro atoms. The molecule has 1 N–H and O–H groups in total. The van der Waals surface area contributed by atoms with E-state index in [1.807, 2.05) is 17.5 Å². The standard InChI is InChI=1S/C13H13NO3S2/c1-7(13(16)17)8-5-14(6-8)12(15)11-4-10-9(19-11)2-3-18-10/h2-4,7-8H,5-6H2,1H3,(H,16,17). The number of hydrogen-bond acceptors (Lipinski definition) is 4. The fourth-order valence-corrected chi connectivity index (χ4v) is 4.30. The van der Waals surface area contributed by atoms with Crippen LogP contribution in [-0.2, 0) is 4.79 Å². The van der Waals surface area contributed by atoms with Gasteiger partial charge in [-0.1, -0.05) is 6.92 Å². The lowest BCUT2D eigenvalue weighted by atomic mass is 9.87. The molecule has 0 radical (unpaired) electrons. The largest absolute Gasteiger partial charge is 0.481 e. The lowest BCUT2D eigenvalue weighted by molar-refractivity contribution is -0.144. The molecular formula is C13H13NO3S2. The van der Waals surface area contributed by atoms with E-state index in [2.05, 4.69) is 0 Å². The second kappa shape index (κ2) is 4.61. The average Bonchev–Trinajstić information content (AvgIpc) is 2.85. The van der Waals surface area contributed by atoms with Crippen LogP contribution >= 0.6 is 22.7 Å². The third kappa shape index (κ3) is 2.15. The molecule has 1 amide bonds. The van der Waals surface area contributed by atoms with Crippen molar-refractivity contribution in [2.75, 3.05) is 13.1 Å². The molecule has 19 heavy (non-hydrogen) atoms. The molecule has 2 aromatic heterocycles. The minimum atomic E-state index is -0.784. The molecule has 6 heteroatoms. The van der Waals surface area contributed by atoms with Crippen molar-refractivity contribution < 1.29 is 14.7 Å². The Hall–Kier alpha value is -1.40. The molecule has 2 aromatic rings. The number of nitrogens with zero attached hydrogens (tertiary/aromatic N) is 1. The SMILES string of the molecule is CC(C(=O)O)C1CN(C(=O)c2cc3sccc3s2)C1. The van der Waals surface area contributed by atoms with Crippen LogP contribution < -0.4 is 0 Å². The highest BCUT2D eigenvalue weighted by atomic mass is 32.1. The van der Waals surface area contributed by atoms with Gasteiger partial charge in [-0.15, -0.1) is 22.7 Å². The highest BCUT2D eigenvalue weighted by molar-refractivity contribution is 7.27. The molecule has 3 rings (SSSR count). The summed E-state index contributed by atoms with van der Waals surface area (Å²) in [5, 5.41) is 10.9. The van der Waals surface area contributed by atoms with Crippen LogP contribution in [0.5, 0.6) is 0 Å². The third-order valence-corrected chi connectivity index (χ3v) is 5.73. The Kier molecular flexibility index (Phi) is 3.06. The predicted molar refractivity (Wildman–Crippen MR) is 75.9 cm³/mol. The summed E-state index contributed by atoms with van der Waals surface area (Å²) in [4.78, 5) is 25.6. The van der Waals surface area contributed by atoms with Crippen molar-refractivity contribution in [3.05, 3.63) is 22.4 Å². The van der Waals surface area contributed by atoms with Gasteiger partial charge in [-0.3, -0.25) is 9.59 Å². The summed E-state index contributed by atoms with van der Waals surface area (Å²) in [5.74, 6) is -1.05. The van der Waals surface area contributed by atoms with Gasteiger partial charge < -0.3 is 10.0 Å². The molecule has 1 aliphatic rings. The average molecular weight is 295 g/mol. The zero-order chi connectivity index (χ0) is 13.6. The summed E-state index contributed by atoms with van der Waals surface area (Å²) in [5.41, 5.74) is 0. The second-order valence-electron chi connectivity index (χ2n) is 4.86. The van der Waals surface area contributed by atoms with Crippen LogP contribution in [0.25, 0.3) is 9.40 Å². The second-order valence-corrected chi connectivity index (χ2v) is 6.89. The summed E-state index contributed by atoms with van der Waals surface area (Å²) in [7, 11) is 0. The van der Waals surface area contributed by atoms with Gasteiger partial charge in [-0.25, -0.2) is 0 Å². The number of rotatable bonds is 3. The normalized spacial score (nSPS) is 17.4. The van der Waals surface area contributed by atoms with Gasteiger partial charge in [-0.05, 0) is 17.5 Å². The molecule has 0 aromatic carbocycles. The Morgan fingerprint density at radius 3 is 2.79 bits per heavy atom. The number of hydrogen-bond donors (Lipinski definition) is 1. The van der Waals surface area contributed by atoms with Gasteiger partial charge in [0.15, 0.2) is 0 Å². The fraction of sp³-hybridized carbons (Fsp3) is 0.385. The summed E-state index contributed by atoms with van der Waals surface area (Å²) < 4.78 is 2.29. The maximum atomic E-state index is 12.2. The number of carboxylic acids is 1. The van der Waals surface area contributed by atoms with E-state index in [0.717, 1.165) is 14.3 Å². The van der Waals surface area contributed by atoms with E-state index in [0.29, 0.717) is 13.1 Å². The first-order valence-electron chi connectivity index (χ1n) is 6.05. The first-order valence-corrected chi connectivity index (χ1v) is 7.75. The van der Waals surface area contributed by atoms with Crippen LogP contribution in [-0.4, -0.2) is 35.0 Å². The summed E-state index contributed by atoms with van der Waals surface area (Å²) in [6.45, 7) is 2.81. The fourth-order valence-electron chi connectivity index (χ4n) is 2.22. The monoisotopic (exact) mass is 295 g/mol. The molecule has 1 saturated heterocycles. The van der Waals surface area contributed by atoms with Gasteiger partial charge in [0.25, 0.3) is 5.91 Å². The van der Waals surface area contributed by atoms with E-state index >= 15 is 0 Å². The van der Waals surface area contributed by atoms with E-state index in [9.17, 15) is 9.59 Å². The highest BCUT2D eigenvalue weighted by Crippen LogP contribution is 2.33. The van der Waals surface area contributed by atoms with Crippen molar-refractivity contribution in [1.82, 2.24) is 4.90 Å². The number of aliphatic carboxylic acids is 1. The molecule has 0 aliphatic carbocycles. The molecule has 1 aliphatic heterocycles. The van der Waals surface area contributed by atoms with Gasteiger partial charge in [0.1, 0.15) is 0 Å². The predicted octanol–water partition coefficient (Wildman–Crippen LogP) is 2.76. The number of fused-ring (bicyclic) bond motifs is 1. The maximum Gasteiger partial charge on any atom is 0.306 e. The molecule has 4 nitrogen and oxygen atoms in total. The van der Waals surface area contributed by atoms with Crippen LogP contribution in [0.4, 0.5) is 0 Å². The van der Waals surface area contributed by atoms with Gasteiger partial charge in [0.2, 0.25) is 0 Å². The van der Waals surface area contributed by atoms with E-state index in [-0.39, 0.29) is 17.7 Å². The minimum Gasteiger partial charge on any atom is -0.481 e. The third-order valence-electron chi connectivity index (χ3n) is 3.64. The molecule has 0 bridgehead atoms. The van der Waals surface area contributed by atoms with Crippen molar-refractivity contribution in [3.8, 4) is 0 Å². The highest BCUT2D eigenvalue weighted by Gasteiger charge is 2.37. The number of carbonyl (C=O) groups is 2. The molecule has 1 atom stereocenters. The molecular weight excluding hydrogens is 282 g/mol. The summed E-state index contributed by atoms with van der Waals surface area (Å²) in [6.07, 6.45) is 0. The summed E-state index contributed by atoms with van der Waals surface area (Å²) in [6, 6.07) is 3.95. The van der Waals surface area contributed by atoms with Crippen molar-refractivity contribution in [2.24, 2.45) is 11.8 Å². The van der Waals surface area contributed by atoms with Crippen LogP contribution in [0.15, 0.2) is 17.5 Å². The number of thiophene rings is 2. The number of carbonyl (C=O) groups excluding carboxylic acids is 1. The van der Waals surface area contributed by atoms with Gasteiger partial charge in [0, 0.05) is 28.4 Å². The quantitative estimate of drug-likeness (QED) is 0.947. The Labute approximate surface area is 118 Å². The molecule has 1 fully saturated rings. The van der Waals surface area contributed by atoms with Crippen molar-refractivity contribution in [3.63, 3.8) is 0 Å². The van der Waals surface area contributed by atoms with Gasteiger partial charge >= 0.3 is 5.97 Å². The van der Waals surface area contributed by atoms with Crippen LogP contribution in [0, 0.1) is 11.8 Å². The first-order chi connectivity index (χ1) is 9.06. The van der Waals surface area contributed by atoms with Crippen molar-refractivity contribution in [1.29, 1.82) is 0 Å². The molecule has 100 valence electrons. The van der Waals surface area contributed by atoms with Crippen LogP contribution in [0.3, 0.4) is 0 Å². The zero-order valence-corrected chi connectivity index (χ0v) is 12.0. The van der Waals surface area contributed by atoms with Crippen LogP contribution in [0.2, 0.25) is 0 Å². The van der Waals surface area contributed by atoms with E-state index in [4.69, 9.17) is 5.11 Å². The Balaban J connectivity index is 1.67. The lowest BCUT2D eigenvalue weighted by Gasteiger charge is -2.40. The van der Waals surface area contributed by atoms with E-state index in [1.165, 1.54) is 11.3 Å². The minimum absolute atomic E-state index is 0.0299.